The summed E-state index contributed by atoms with van der Waals surface area (Å²) < 4.78 is 5.00. The highest BCUT2D eigenvalue weighted by atomic mass is 16.6. The molecule has 0 radical (unpaired) electrons. The SMILES string of the molecule is N#CC1(C(c2cccc3ccccc23)c2cccc3ccc4ccccc4c23)CC(=O)OC1=O. The maximum absolute atomic E-state index is 13.2. The van der Waals surface area contributed by atoms with Gasteiger partial charge in [-0.05, 0) is 43.4 Å². The number of hydrogen-bond donors (Lipinski definition) is 0. The van der Waals surface area contributed by atoms with Crippen molar-refractivity contribution in [1.82, 2.24) is 0 Å². The van der Waals surface area contributed by atoms with Gasteiger partial charge in [0, 0.05) is 5.92 Å². The van der Waals surface area contributed by atoms with E-state index in [4.69, 9.17) is 4.74 Å². The number of hydrogen-bond acceptors (Lipinski definition) is 4. The Morgan fingerprint density at radius 3 is 2.00 bits per heavy atom. The van der Waals surface area contributed by atoms with Crippen molar-refractivity contribution >= 4 is 44.3 Å². The first kappa shape index (κ1) is 20.1. The maximum atomic E-state index is 13.2. The van der Waals surface area contributed by atoms with Gasteiger partial charge in [0.2, 0.25) is 0 Å². The van der Waals surface area contributed by atoms with Gasteiger partial charge in [-0.2, -0.15) is 5.26 Å². The second kappa shape index (κ2) is 7.54. The number of ether oxygens (including phenoxy) is 1. The number of benzene rings is 5. The number of nitrogens with zero attached hydrogens (tertiary/aromatic N) is 1. The highest BCUT2D eigenvalue weighted by molar-refractivity contribution is 6.10. The van der Waals surface area contributed by atoms with E-state index < -0.39 is 23.3 Å². The van der Waals surface area contributed by atoms with Crippen LogP contribution in [0.5, 0.6) is 0 Å². The minimum atomic E-state index is -1.66. The third-order valence-electron chi connectivity index (χ3n) is 6.93. The molecule has 4 nitrogen and oxygen atoms in total. The Hall–Kier alpha value is -4.49. The molecule has 1 saturated heterocycles. The van der Waals surface area contributed by atoms with Crippen molar-refractivity contribution in [2.24, 2.45) is 5.41 Å². The molecule has 0 aromatic heterocycles. The summed E-state index contributed by atoms with van der Waals surface area (Å²) in [6.45, 7) is 0. The number of nitriles is 1. The van der Waals surface area contributed by atoms with E-state index in [1.54, 1.807) is 0 Å². The average molecular weight is 441 g/mol. The largest absolute Gasteiger partial charge is 0.392 e. The zero-order valence-corrected chi connectivity index (χ0v) is 18.2. The van der Waals surface area contributed by atoms with Crippen LogP contribution in [0.25, 0.3) is 32.3 Å². The van der Waals surface area contributed by atoms with Gasteiger partial charge in [-0.1, -0.05) is 97.1 Å². The molecular weight excluding hydrogens is 422 g/mol. The summed E-state index contributed by atoms with van der Waals surface area (Å²) in [5, 5.41) is 16.5. The molecule has 1 aliphatic heterocycles. The molecule has 0 amide bonds. The first-order chi connectivity index (χ1) is 16.6. The molecule has 0 bridgehead atoms. The molecule has 6 rings (SSSR count). The van der Waals surface area contributed by atoms with Crippen LogP contribution in [-0.2, 0) is 14.3 Å². The Balaban J connectivity index is 1.78. The molecular formula is C30H19NO3. The summed E-state index contributed by atoms with van der Waals surface area (Å²) in [4.78, 5) is 25.5. The van der Waals surface area contributed by atoms with Crippen molar-refractivity contribution < 1.29 is 14.3 Å². The van der Waals surface area contributed by atoms with Crippen molar-refractivity contribution in [3.8, 4) is 6.07 Å². The van der Waals surface area contributed by atoms with E-state index in [-0.39, 0.29) is 6.42 Å². The monoisotopic (exact) mass is 441 g/mol. The molecule has 4 heteroatoms. The molecule has 0 saturated carbocycles. The van der Waals surface area contributed by atoms with Gasteiger partial charge in [-0.15, -0.1) is 0 Å². The van der Waals surface area contributed by atoms with E-state index >= 15 is 0 Å². The Kier molecular flexibility index (Phi) is 4.46. The number of cyclic esters (lactones) is 2. The van der Waals surface area contributed by atoms with Crippen LogP contribution in [0.1, 0.15) is 23.5 Å². The number of carbonyl (C=O) groups is 2. The Morgan fingerprint density at radius 1 is 0.706 bits per heavy atom. The molecule has 2 unspecified atom stereocenters. The predicted molar refractivity (Wildman–Crippen MR) is 131 cm³/mol. The fraction of sp³-hybridized carbons (Fsp3) is 0.100. The smallest absolute Gasteiger partial charge is 0.335 e. The minimum absolute atomic E-state index is 0.280. The van der Waals surface area contributed by atoms with Crippen molar-refractivity contribution in [3.05, 3.63) is 108 Å². The molecule has 1 heterocycles. The third kappa shape index (κ3) is 2.84. The molecule has 5 aromatic rings. The quantitative estimate of drug-likeness (QED) is 0.188. The van der Waals surface area contributed by atoms with E-state index in [1.807, 2.05) is 78.9 Å². The maximum Gasteiger partial charge on any atom is 0.335 e. The van der Waals surface area contributed by atoms with Crippen LogP contribution >= 0.6 is 0 Å². The van der Waals surface area contributed by atoms with Gasteiger partial charge in [-0.3, -0.25) is 4.79 Å². The number of rotatable bonds is 3. The highest BCUT2D eigenvalue weighted by Crippen LogP contribution is 2.51. The van der Waals surface area contributed by atoms with Crippen molar-refractivity contribution in [2.75, 3.05) is 0 Å². The molecule has 0 N–H and O–H groups in total. The van der Waals surface area contributed by atoms with Crippen LogP contribution in [0, 0.1) is 16.7 Å². The van der Waals surface area contributed by atoms with Crippen molar-refractivity contribution in [1.29, 1.82) is 5.26 Å². The van der Waals surface area contributed by atoms with E-state index in [0.29, 0.717) is 0 Å². The van der Waals surface area contributed by atoms with Gasteiger partial charge in [0.15, 0.2) is 5.41 Å². The van der Waals surface area contributed by atoms with Gasteiger partial charge in [0.1, 0.15) is 0 Å². The van der Waals surface area contributed by atoms with E-state index in [2.05, 4.69) is 24.3 Å². The summed E-state index contributed by atoms with van der Waals surface area (Å²) in [5.74, 6) is -2.14. The van der Waals surface area contributed by atoms with Gasteiger partial charge >= 0.3 is 11.9 Å². The van der Waals surface area contributed by atoms with Crippen LogP contribution in [-0.4, -0.2) is 11.9 Å². The van der Waals surface area contributed by atoms with Crippen LogP contribution in [0.3, 0.4) is 0 Å². The van der Waals surface area contributed by atoms with Crippen LogP contribution in [0.15, 0.2) is 97.1 Å². The number of carbonyl (C=O) groups excluding carboxylic acids is 2. The lowest BCUT2D eigenvalue weighted by Crippen LogP contribution is -2.33. The normalized spacial score (nSPS) is 18.8. The van der Waals surface area contributed by atoms with Crippen LogP contribution in [0.2, 0.25) is 0 Å². The van der Waals surface area contributed by atoms with Crippen LogP contribution in [0.4, 0.5) is 0 Å². The lowest BCUT2D eigenvalue weighted by molar-refractivity contribution is -0.154. The molecule has 0 aliphatic carbocycles. The molecule has 1 fully saturated rings. The fourth-order valence-electron chi connectivity index (χ4n) is 5.43. The zero-order valence-electron chi connectivity index (χ0n) is 18.2. The van der Waals surface area contributed by atoms with Gasteiger partial charge in [0.05, 0.1) is 12.5 Å². The summed E-state index contributed by atoms with van der Waals surface area (Å²) in [6.07, 6.45) is -0.280. The van der Waals surface area contributed by atoms with Gasteiger partial charge in [0.25, 0.3) is 0 Å². The Labute approximate surface area is 196 Å². The van der Waals surface area contributed by atoms with Gasteiger partial charge in [-0.25, -0.2) is 4.79 Å². The summed E-state index contributed by atoms with van der Waals surface area (Å²) >= 11 is 0. The first-order valence-electron chi connectivity index (χ1n) is 11.2. The molecule has 5 aromatic carbocycles. The van der Waals surface area contributed by atoms with E-state index in [0.717, 1.165) is 43.4 Å². The van der Waals surface area contributed by atoms with E-state index in [9.17, 15) is 14.9 Å². The Morgan fingerprint density at radius 2 is 1.29 bits per heavy atom. The molecule has 0 spiro atoms. The third-order valence-corrected chi connectivity index (χ3v) is 6.93. The number of esters is 2. The lowest BCUT2D eigenvalue weighted by Gasteiger charge is -2.30. The van der Waals surface area contributed by atoms with E-state index in [1.165, 1.54) is 0 Å². The summed E-state index contributed by atoms with van der Waals surface area (Å²) in [5.41, 5.74) is -0.00233. The molecule has 1 aliphatic rings. The average Bonchev–Trinajstić information content (AvgIpc) is 3.17. The first-order valence-corrected chi connectivity index (χ1v) is 11.2. The molecule has 34 heavy (non-hydrogen) atoms. The second-order valence-corrected chi connectivity index (χ2v) is 8.75. The summed E-state index contributed by atoms with van der Waals surface area (Å²) in [7, 11) is 0. The molecule has 2 atom stereocenters. The number of fused-ring (bicyclic) bond motifs is 4. The standard InChI is InChI=1S/C30H19NO3/c31-18-30(17-26(32)34-29(30)33)28(24-13-5-9-19-7-1-3-11-22(19)24)25-14-6-10-21-16-15-20-8-2-4-12-23(20)27(21)25/h1-16,28H,17H2. The molecule has 162 valence electrons. The second-order valence-electron chi connectivity index (χ2n) is 8.75. The zero-order chi connectivity index (χ0) is 23.3. The minimum Gasteiger partial charge on any atom is -0.392 e. The predicted octanol–water partition coefficient (Wildman–Crippen LogP) is 6.26. The van der Waals surface area contributed by atoms with Crippen molar-refractivity contribution in [3.63, 3.8) is 0 Å². The van der Waals surface area contributed by atoms with Crippen molar-refractivity contribution in [2.45, 2.75) is 12.3 Å². The fourth-order valence-corrected chi connectivity index (χ4v) is 5.43. The Bertz CT molecular complexity index is 1670. The highest BCUT2D eigenvalue weighted by Gasteiger charge is 2.57. The van der Waals surface area contributed by atoms with Gasteiger partial charge < -0.3 is 4.74 Å². The topological polar surface area (TPSA) is 67.2 Å². The van der Waals surface area contributed by atoms with Crippen LogP contribution < -0.4 is 0 Å². The lowest BCUT2D eigenvalue weighted by atomic mass is 9.66. The summed E-state index contributed by atoms with van der Waals surface area (Å²) in [6, 6.07) is 34.2.